The van der Waals surface area contributed by atoms with Crippen LogP contribution < -0.4 is 5.73 Å². The van der Waals surface area contributed by atoms with E-state index in [0.29, 0.717) is 28.3 Å². The van der Waals surface area contributed by atoms with Crippen molar-refractivity contribution < 1.29 is 4.52 Å². The highest BCUT2D eigenvalue weighted by Gasteiger charge is 2.29. The summed E-state index contributed by atoms with van der Waals surface area (Å²) in [5, 5.41) is 4.47. The molecule has 0 saturated heterocycles. The van der Waals surface area contributed by atoms with Gasteiger partial charge in [0.2, 0.25) is 11.7 Å². The number of benzene rings is 1. The van der Waals surface area contributed by atoms with Gasteiger partial charge in [0.05, 0.1) is 5.02 Å². The third kappa shape index (κ3) is 1.65. The van der Waals surface area contributed by atoms with Crippen LogP contribution in [-0.4, -0.2) is 10.1 Å². The maximum atomic E-state index is 6.07. The van der Waals surface area contributed by atoms with Crippen molar-refractivity contribution >= 4 is 17.3 Å². The van der Waals surface area contributed by atoms with Crippen LogP contribution in [0.25, 0.3) is 11.4 Å². The molecule has 0 amide bonds. The molecule has 0 unspecified atom stereocenters. The molecule has 4 nitrogen and oxygen atoms in total. The van der Waals surface area contributed by atoms with E-state index in [9.17, 15) is 0 Å². The summed E-state index contributed by atoms with van der Waals surface area (Å²) < 4.78 is 5.18. The molecule has 1 aliphatic carbocycles. The summed E-state index contributed by atoms with van der Waals surface area (Å²) in [6.07, 6.45) is 2.27. The number of anilines is 1. The van der Waals surface area contributed by atoms with Crippen LogP contribution in [0.2, 0.25) is 5.02 Å². The smallest absolute Gasteiger partial charge is 0.230 e. The second-order valence-corrected chi connectivity index (χ2v) is 4.38. The van der Waals surface area contributed by atoms with Gasteiger partial charge in [-0.1, -0.05) is 16.8 Å². The number of nitrogen functional groups attached to an aromatic ring is 1. The molecule has 5 heteroatoms. The fourth-order valence-electron chi connectivity index (χ4n) is 1.55. The first kappa shape index (κ1) is 9.66. The zero-order valence-electron chi connectivity index (χ0n) is 8.48. The molecule has 1 heterocycles. The molecule has 3 rings (SSSR count). The van der Waals surface area contributed by atoms with Crippen molar-refractivity contribution in [3.8, 4) is 11.4 Å². The van der Waals surface area contributed by atoms with E-state index in [1.54, 1.807) is 18.2 Å². The molecule has 0 atom stereocenters. The van der Waals surface area contributed by atoms with Gasteiger partial charge in [0.1, 0.15) is 0 Å². The lowest BCUT2D eigenvalue weighted by molar-refractivity contribution is 0.380. The van der Waals surface area contributed by atoms with Crippen LogP contribution in [0.5, 0.6) is 0 Å². The molecule has 0 aliphatic heterocycles. The second kappa shape index (κ2) is 3.49. The summed E-state index contributed by atoms with van der Waals surface area (Å²) >= 11 is 6.07. The van der Waals surface area contributed by atoms with E-state index in [-0.39, 0.29) is 0 Å². The van der Waals surface area contributed by atoms with Gasteiger partial charge in [0.25, 0.3) is 0 Å². The van der Waals surface area contributed by atoms with Crippen molar-refractivity contribution in [2.75, 3.05) is 5.73 Å². The molecule has 16 heavy (non-hydrogen) atoms. The van der Waals surface area contributed by atoms with Crippen molar-refractivity contribution in [2.45, 2.75) is 18.8 Å². The van der Waals surface area contributed by atoms with Crippen LogP contribution in [-0.2, 0) is 0 Å². The maximum absolute atomic E-state index is 6.07. The minimum absolute atomic E-state index is 0.453. The topological polar surface area (TPSA) is 64.9 Å². The van der Waals surface area contributed by atoms with Crippen LogP contribution in [0.1, 0.15) is 24.7 Å². The first-order valence-corrected chi connectivity index (χ1v) is 5.51. The number of hydrogen-bond acceptors (Lipinski definition) is 4. The molecule has 0 bridgehead atoms. The normalized spacial score (nSPS) is 15.3. The number of rotatable bonds is 2. The van der Waals surface area contributed by atoms with E-state index in [2.05, 4.69) is 10.1 Å². The Morgan fingerprint density at radius 2 is 2.19 bits per heavy atom. The van der Waals surface area contributed by atoms with Gasteiger partial charge >= 0.3 is 0 Å². The van der Waals surface area contributed by atoms with E-state index < -0.39 is 0 Å². The predicted octanol–water partition coefficient (Wildman–Crippen LogP) is 2.85. The van der Waals surface area contributed by atoms with Crippen LogP contribution in [0, 0.1) is 0 Å². The molecule has 0 radical (unpaired) electrons. The average molecular weight is 236 g/mol. The van der Waals surface area contributed by atoms with Crippen LogP contribution in [0.15, 0.2) is 22.7 Å². The lowest BCUT2D eigenvalue weighted by Gasteiger charge is -1.99. The van der Waals surface area contributed by atoms with E-state index in [1.165, 1.54) is 0 Å². The largest absolute Gasteiger partial charge is 0.399 e. The SMILES string of the molecule is Nc1ccc(-c2noc(C3CC3)n2)c(Cl)c1. The Balaban J connectivity index is 2.00. The van der Waals surface area contributed by atoms with Gasteiger partial charge in [-0.3, -0.25) is 0 Å². The third-order valence-electron chi connectivity index (χ3n) is 2.60. The molecule has 0 spiro atoms. The number of halogens is 1. The van der Waals surface area contributed by atoms with Crippen LogP contribution in [0.4, 0.5) is 5.69 Å². The summed E-state index contributed by atoms with van der Waals surface area (Å²) in [7, 11) is 0. The molecule has 1 fully saturated rings. The van der Waals surface area contributed by atoms with Crippen molar-refractivity contribution in [1.29, 1.82) is 0 Å². The van der Waals surface area contributed by atoms with E-state index in [4.69, 9.17) is 21.9 Å². The Bertz CT molecular complexity index is 534. The van der Waals surface area contributed by atoms with Gasteiger partial charge in [0, 0.05) is 17.2 Å². The highest BCUT2D eigenvalue weighted by molar-refractivity contribution is 6.33. The third-order valence-corrected chi connectivity index (χ3v) is 2.92. The van der Waals surface area contributed by atoms with Crippen molar-refractivity contribution in [2.24, 2.45) is 0 Å². The molecule has 2 aromatic rings. The minimum Gasteiger partial charge on any atom is -0.399 e. The average Bonchev–Trinajstić information content (AvgIpc) is 2.98. The van der Waals surface area contributed by atoms with Gasteiger partial charge in [-0.05, 0) is 31.0 Å². The Morgan fingerprint density at radius 1 is 1.38 bits per heavy atom. The van der Waals surface area contributed by atoms with E-state index >= 15 is 0 Å². The van der Waals surface area contributed by atoms with Crippen LogP contribution in [0.3, 0.4) is 0 Å². The monoisotopic (exact) mass is 235 g/mol. The molecule has 82 valence electrons. The molecular formula is C11H10ClN3O. The number of nitrogens with two attached hydrogens (primary N) is 1. The Morgan fingerprint density at radius 3 is 2.88 bits per heavy atom. The lowest BCUT2D eigenvalue weighted by atomic mass is 10.2. The summed E-state index contributed by atoms with van der Waals surface area (Å²) in [6, 6.07) is 5.26. The Labute approximate surface area is 97.4 Å². The predicted molar refractivity (Wildman–Crippen MR) is 61.1 cm³/mol. The molecule has 1 aliphatic rings. The molecule has 2 N–H and O–H groups in total. The van der Waals surface area contributed by atoms with Gasteiger partial charge in [-0.2, -0.15) is 4.98 Å². The highest BCUT2D eigenvalue weighted by Crippen LogP contribution is 2.40. The van der Waals surface area contributed by atoms with Gasteiger partial charge in [0.15, 0.2) is 0 Å². The second-order valence-electron chi connectivity index (χ2n) is 3.97. The summed E-state index contributed by atoms with van der Waals surface area (Å²) in [4.78, 5) is 4.33. The first-order valence-electron chi connectivity index (χ1n) is 5.13. The van der Waals surface area contributed by atoms with E-state index in [1.807, 2.05) is 0 Å². The molecule has 1 aromatic carbocycles. The first-order chi connectivity index (χ1) is 7.74. The number of aromatic nitrogens is 2. The Hall–Kier alpha value is -1.55. The molecule has 1 saturated carbocycles. The zero-order chi connectivity index (χ0) is 11.1. The van der Waals surface area contributed by atoms with Gasteiger partial charge < -0.3 is 10.3 Å². The standard InChI is InChI=1S/C11H10ClN3O/c12-9-5-7(13)3-4-8(9)10-14-11(16-15-10)6-1-2-6/h3-6H,1-2,13H2. The van der Waals surface area contributed by atoms with E-state index in [0.717, 1.165) is 18.4 Å². The fourth-order valence-corrected chi connectivity index (χ4v) is 1.83. The molecular weight excluding hydrogens is 226 g/mol. The summed E-state index contributed by atoms with van der Waals surface area (Å²) in [6.45, 7) is 0. The fraction of sp³-hybridized carbons (Fsp3) is 0.273. The highest BCUT2D eigenvalue weighted by atomic mass is 35.5. The van der Waals surface area contributed by atoms with Crippen molar-refractivity contribution in [3.63, 3.8) is 0 Å². The minimum atomic E-state index is 0.453. The summed E-state index contributed by atoms with van der Waals surface area (Å²) in [5.41, 5.74) is 7.00. The number of nitrogens with zero attached hydrogens (tertiary/aromatic N) is 2. The maximum Gasteiger partial charge on any atom is 0.230 e. The van der Waals surface area contributed by atoms with Crippen molar-refractivity contribution in [1.82, 2.24) is 10.1 Å². The number of hydrogen-bond donors (Lipinski definition) is 1. The van der Waals surface area contributed by atoms with Gasteiger partial charge in [-0.15, -0.1) is 0 Å². The Kier molecular flexibility index (Phi) is 2.11. The molecule has 1 aromatic heterocycles. The lowest BCUT2D eigenvalue weighted by Crippen LogP contribution is -1.87. The zero-order valence-corrected chi connectivity index (χ0v) is 9.24. The quantitative estimate of drug-likeness (QED) is 0.813. The van der Waals surface area contributed by atoms with Gasteiger partial charge in [-0.25, -0.2) is 0 Å². The summed E-state index contributed by atoms with van der Waals surface area (Å²) in [5.74, 6) is 1.70. The van der Waals surface area contributed by atoms with Crippen LogP contribution >= 0.6 is 11.6 Å². The van der Waals surface area contributed by atoms with Crippen molar-refractivity contribution in [3.05, 3.63) is 29.1 Å².